The van der Waals surface area contributed by atoms with Gasteiger partial charge in [0.05, 0.1) is 6.61 Å². The summed E-state index contributed by atoms with van der Waals surface area (Å²) in [6.45, 7) is 6.20. The minimum Gasteiger partial charge on any atom is -0.854 e. The van der Waals surface area contributed by atoms with E-state index in [0.717, 1.165) is 12.8 Å². The molecule has 0 rings (SSSR count). The summed E-state index contributed by atoms with van der Waals surface area (Å²) >= 11 is 4.11. The number of thiol groups is 1. The molecule has 3 nitrogen and oxygen atoms in total. The third-order valence-electron chi connectivity index (χ3n) is 2.79. The SMILES string of the molecule is CCOC(=O)/C(=C/CCC(C[O-])C(C)C)CS. The van der Waals surface area contributed by atoms with Crippen molar-refractivity contribution < 1.29 is 14.6 Å². The quantitative estimate of drug-likeness (QED) is 0.411. The molecule has 0 aliphatic heterocycles. The van der Waals surface area contributed by atoms with Crippen LogP contribution in [0, 0.1) is 11.8 Å². The van der Waals surface area contributed by atoms with Gasteiger partial charge >= 0.3 is 5.97 Å². The zero-order valence-corrected chi connectivity index (χ0v) is 11.8. The Kier molecular flexibility index (Phi) is 9.27. The molecule has 0 bridgehead atoms. The fourth-order valence-corrected chi connectivity index (χ4v) is 1.78. The molecule has 0 aromatic carbocycles. The topological polar surface area (TPSA) is 49.4 Å². The summed E-state index contributed by atoms with van der Waals surface area (Å²) in [5.41, 5.74) is 0.587. The number of carbonyl (C=O) groups is 1. The fraction of sp³-hybridized carbons (Fsp3) is 0.769. The summed E-state index contributed by atoms with van der Waals surface area (Å²) in [5, 5.41) is 10.9. The third kappa shape index (κ3) is 6.74. The molecule has 0 aromatic rings. The molecule has 0 saturated carbocycles. The van der Waals surface area contributed by atoms with Crippen molar-refractivity contribution in [3.05, 3.63) is 11.6 Å². The summed E-state index contributed by atoms with van der Waals surface area (Å²) in [6.07, 6.45) is 3.40. The normalized spacial score (nSPS) is 13.9. The highest BCUT2D eigenvalue weighted by Gasteiger charge is 2.10. The van der Waals surface area contributed by atoms with Crippen molar-refractivity contribution in [2.24, 2.45) is 11.8 Å². The number of hydrogen-bond acceptors (Lipinski definition) is 4. The molecule has 0 radical (unpaired) electrons. The predicted octanol–water partition coefficient (Wildman–Crippen LogP) is 1.82. The van der Waals surface area contributed by atoms with Gasteiger partial charge in [-0.15, -0.1) is 6.61 Å². The van der Waals surface area contributed by atoms with E-state index in [9.17, 15) is 9.90 Å². The van der Waals surface area contributed by atoms with Crippen molar-refractivity contribution in [2.75, 3.05) is 19.0 Å². The highest BCUT2D eigenvalue weighted by atomic mass is 32.1. The van der Waals surface area contributed by atoms with E-state index in [1.54, 1.807) is 6.92 Å². The number of ether oxygens (including phenoxy) is 1. The van der Waals surface area contributed by atoms with Gasteiger partial charge in [0.1, 0.15) is 0 Å². The number of rotatable bonds is 8. The number of carbonyl (C=O) groups excluding carboxylic acids is 1. The molecule has 0 spiro atoms. The van der Waals surface area contributed by atoms with Gasteiger partial charge in [-0.3, -0.25) is 0 Å². The maximum atomic E-state index is 11.5. The van der Waals surface area contributed by atoms with Gasteiger partial charge in [0.2, 0.25) is 0 Å². The molecule has 0 saturated heterocycles. The molecule has 0 aliphatic rings. The van der Waals surface area contributed by atoms with E-state index in [-0.39, 0.29) is 18.5 Å². The van der Waals surface area contributed by atoms with Crippen LogP contribution >= 0.6 is 12.6 Å². The van der Waals surface area contributed by atoms with Crippen molar-refractivity contribution >= 4 is 18.6 Å². The lowest BCUT2D eigenvalue weighted by Gasteiger charge is -2.23. The standard InChI is InChI=1S/C13H23O3S/c1-4-16-13(15)12(9-17)7-5-6-11(8-14)10(2)3/h7,10-11,17H,4-6,8-9H2,1-3H3/q-1/b12-7+. The molecule has 4 heteroatoms. The first kappa shape index (κ1) is 16.5. The van der Waals surface area contributed by atoms with Gasteiger partial charge in [-0.05, 0) is 25.7 Å². The molecule has 0 aromatic heterocycles. The van der Waals surface area contributed by atoms with Crippen molar-refractivity contribution in [1.82, 2.24) is 0 Å². The van der Waals surface area contributed by atoms with E-state index in [1.165, 1.54) is 0 Å². The first-order valence-corrected chi connectivity index (χ1v) is 6.75. The molecule has 0 aliphatic carbocycles. The lowest BCUT2D eigenvalue weighted by Crippen LogP contribution is -2.22. The van der Waals surface area contributed by atoms with E-state index >= 15 is 0 Å². The molecule has 100 valence electrons. The zero-order chi connectivity index (χ0) is 13.3. The smallest absolute Gasteiger partial charge is 0.334 e. The molecule has 0 N–H and O–H groups in total. The fourth-order valence-electron chi connectivity index (χ4n) is 1.52. The van der Waals surface area contributed by atoms with Crippen molar-refractivity contribution in [1.29, 1.82) is 0 Å². The first-order valence-electron chi connectivity index (χ1n) is 6.11. The summed E-state index contributed by atoms with van der Waals surface area (Å²) in [6, 6.07) is 0. The Balaban J connectivity index is 4.23. The predicted molar refractivity (Wildman–Crippen MR) is 71.0 cm³/mol. The van der Waals surface area contributed by atoms with Gasteiger partial charge in [0, 0.05) is 11.3 Å². The van der Waals surface area contributed by atoms with Gasteiger partial charge in [-0.25, -0.2) is 4.79 Å². The Bertz CT molecular complexity index is 249. The van der Waals surface area contributed by atoms with E-state index in [2.05, 4.69) is 26.5 Å². The molecule has 1 atom stereocenters. The van der Waals surface area contributed by atoms with Crippen molar-refractivity contribution in [3.63, 3.8) is 0 Å². The highest BCUT2D eigenvalue weighted by Crippen LogP contribution is 2.16. The summed E-state index contributed by atoms with van der Waals surface area (Å²) in [7, 11) is 0. The third-order valence-corrected chi connectivity index (χ3v) is 3.13. The summed E-state index contributed by atoms with van der Waals surface area (Å²) < 4.78 is 4.91. The van der Waals surface area contributed by atoms with Gasteiger partial charge in [-0.2, -0.15) is 12.6 Å². The molecule has 1 unspecified atom stereocenters. The Hall–Kier alpha value is -0.480. The minimum absolute atomic E-state index is 0.0544. The Morgan fingerprint density at radius 2 is 2.12 bits per heavy atom. The van der Waals surface area contributed by atoms with Crippen LogP contribution < -0.4 is 5.11 Å². The van der Waals surface area contributed by atoms with Gasteiger partial charge in [-0.1, -0.05) is 25.8 Å². The largest absolute Gasteiger partial charge is 0.854 e. The minimum atomic E-state index is -0.300. The maximum absolute atomic E-state index is 11.5. The van der Waals surface area contributed by atoms with Gasteiger partial charge in [0.25, 0.3) is 0 Å². The van der Waals surface area contributed by atoms with Crippen LogP contribution in [0.5, 0.6) is 0 Å². The maximum Gasteiger partial charge on any atom is 0.334 e. The van der Waals surface area contributed by atoms with Crippen molar-refractivity contribution in [2.45, 2.75) is 33.6 Å². The molecule has 0 amide bonds. The molecule has 17 heavy (non-hydrogen) atoms. The second-order valence-electron chi connectivity index (χ2n) is 4.36. The van der Waals surface area contributed by atoms with Crippen LogP contribution in [0.15, 0.2) is 11.6 Å². The molecule has 0 fully saturated rings. The van der Waals surface area contributed by atoms with Crippen molar-refractivity contribution in [3.8, 4) is 0 Å². The van der Waals surface area contributed by atoms with Gasteiger partial charge in [0.15, 0.2) is 0 Å². The summed E-state index contributed by atoms with van der Waals surface area (Å²) in [5.74, 6) is 0.644. The van der Waals surface area contributed by atoms with E-state index in [1.807, 2.05) is 6.08 Å². The lowest BCUT2D eigenvalue weighted by atomic mass is 9.92. The van der Waals surface area contributed by atoms with Crippen LogP contribution in [0.4, 0.5) is 0 Å². The van der Waals surface area contributed by atoms with E-state index in [4.69, 9.17) is 4.74 Å². The average molecular weight is 259 g/mol. The van der Waals surface area contributed by atoms with Crippen LogP contribution in [0.3, 0.4) is 0 Å². The second kappa shape index (κ2) is 9.54. The number of esters is 1. The number of hydrogen-bond donors (Lipinski definition) is 1. The van der Waals surface area contributed by atoms with Crippen LogP contribution in [-0.4, -0.2) is 24.9 Å². The van der Waals surface area contributed by atoms with Crippen LogP contribution in [0.25, 0.3) is 0 Å². The average Bonchev–Trinajstić information content (AvgIpc) is 2.29. The van der Waals surface area contributed by atoms with Crippen LogP contribution in [0.2, 0.25) is 0 Å². The zero-order valence-electron chi connectivity index (χ0n) is 10.9. The highest BCUT2D eigenvalue weighted by molar-refractivity contribution is 7.80. The monoisotopic (exact) mass is 259 g/mol. The Morgan fingerprint density at radius 3 is 2.53 bits per heavy atom. The lowest BCUT2D eigenvalue weighted by molar-refractivity contribution is -0.381. The van der Waals surface area contributed by atoms with Gasteiger partial charge < -0.3 is 9.84 Å². The van der Waals surface area contributed by atoms with Crippen LogP contribution in [0.1, 0.15) is 33.6 Å². The second-order valence-corrected chi connectivity index (χ2v) is 4.67. The molecule has 0 heterocycles. The molecular formula is C13H23O3S-. The van der Waals surface area contributed by atoms with E-state index in [0.29, 0.717) is 23.9 Å². The number of allylic oxidation sites excluding steroid dienone is 1. The Labute approximate surface area is 110 Å². The molecular weight excluding hydrogens is 236 g/mol. The van der Waals surface area contributed by atoms with E-state index < -0.39 is 0 Å². The first-order chi connectivity index (χ1) is 8.06. The van der Waals surface area contributed by atoms with Crippen LogP contribution in [-0.2, 0) is 9.53 Å². The summed E-state index contributed by atoms with van der Waals surface area (Å²) in [4.78, 5) is 11.5. The Morgan fingerprint density at radius 1 is 1.47 bits per heavy atom.